The largest absolute Gasteiger partial charge is 0.352 e. The van der Waals surface area contributed by atoms with Crippen LogP contribution >= 0.6 is 11.6 Å². The number of aryl methyl sites for hydroxylation is 1. The molecule has 15 heavy (non-hydrogen) atoms. The number of ketones is 1. The fourth-order valence-electron chi connectivity index (χ4n) is 1.58. The summed E-state index contributed by atoms with van der Waals surface area (Å²) in [5.74, 6) is -0.0956. The van der Waals surface area contributed by atoms with Gasteiger partial charge in [-0.3, -0.25) is 4.79 Å². The molecule has 0 atom stereocenters. The highest BCUT2D eigenvalue weighted by molar-refractivity contribution is 6.32. The Labute approximate surface area is 92.2 Å². The fourth-order valence-corrected chi connectivity index (χ4v) is 1.74. The first-order valence-corrected chi connectivity index (χ1v) is 5.02. The molecule has 2 rings (SSSR count). The lowest BCUT2D eigenvalue weighted by Crippen LogP contribution is -2.13. The second kappa shape index (κ2) is 3.68. The van der Waals surface area contributed by atoms with Crippen LogP contribution in [0.2, 0.25) is 5.02 Å². The van der Waals surface area contributed by atoms with Crippen molar-refractivity contribution in [1.82, 2.24) is 4.98 Å². The lowest BCUT2D eigenvalue weighted by molar-refractivity contribution is 0.0997. The number of aromatic nitrogens is 1. The molecule has 0 aliphatic rings. The molecule has 4 heteroatoms. The summed E-state index contributed by atoms with van der Waals surface area (Å²) in [5.41, 5.74) is 7.69. The van der Waals surface area contributed by atoms with Gasteiger partial charge in [0.15, 0.2) is 5.78 Å². The first-order valence-electron chi connectivity index (χ1n) is 4.64. The number of fused-ring (bicyclic) bond motifs is 1. The van der Waals surface area contributed by atoms with E-state index in [0.717, 1.165) is 16.5 Å². The molecule has 3 nitrogen and oxygen atoms in total. The van der Waals surface area contributed by atoms with Crippen LogP contribution in [0.3, 0.4) is 0 Å². The number of nitrogens with two attached hydrogens (primary N) is 1. The molecule has 0 spiro atoms. The molecule has 0 amide bonds. The van der Waals surface area contributed by atoms with Gasteiger partial charge in [0.1, 0.15) is 0 Å². The molecule has 0 saturated carbocycles. The summed E-state index contributed by atoms with van der Waals surface area (Å²) in [5, 5.41) is 1.67. The van der Waals surface area contributed by atoms with Crippen LogP contribution < -0.4 is 5.73 Å². The van der Waals surface area contributed by atoms with Crippen molar-refractivity contribution in [3.8, 4) is 0 Å². The summed E-state index contributed by atoms with van der Waals surface area (Å²) in [6.07, 6.45) is 0. The molecular formula is C11H11ClN2O. The van der Waals surface area contributed by atoms with Gasteiger partial charge in [0.2, 0.25) is 0 Å². The van der Waals surface area contributed by atoms with Crippen LogP contribution in [0.1, 0.15) is 16.1 Å². The van der Waals surface area contributed by atoms with Crippen molar-refractivity contribution >= 4 is 28.3 Å². The summed E-state index contributed by atoms with van der Waals surface area (Å²) < 4.78 is 0. The SMILES string of the molecule is Cc1c(Cl)ccc2cc(C(=O)CN)[nH]c12. The van der Waals surface area contributed by atoms with Crippen LogP contribution in [0.25, 0.3) is 10.9 Å². The first kappa shape index (κ1) is 10.2. The van der Waals surface area contributed by atoms with E-state index in [9.17, 15) is 4.79 Å². The molecule has 0 bridgehead atoms. The number of nitrogens with one attached hydrogen (secondary N) is 1. The third kappa shape index (κ3) is 1.64. The molecule has 0 aliphatic heterocycles. The Morgan fingerprint density at radius 2 is 2.27 bits per heavy atom. The molecule has 0 unspecified atom stereocenters. The average molecular weight is 223 g/mol. The van der Waals surface area contributed by atoms with E-state index in [-0.39, 0.29) is 12.3 Å². The zero-order valence-electron chi connectivity index (χ0n) is 8.30. The first-order chi connectivity index (χ1) is 7.13. The summed E-state index contributed by atoms with van der Waals surface area (Å²) in [7, 11) is 0. The van der Waals surface area contributed by atoms with Gasteiger partial charge in [0.25, 0.3) is 0 Å². The predicted octanol–water partition coefficient (Wildman–Crippen LogP) is 2.27. The van der Waals surface area contributed by atoms with Crippen molar-refractivity contribution in [3.05, 3.63) is 34.5 Å². The summed E-state index contributed by atoms with van der Waals surface area (Å²) in [6, 6.07) is 5.51. The van der Waals surface area contributed by atoms with Crippen molar-refractivity contribution in [1.29, 1.82) is 0 Å². The van der Waals surface area contributed by atoms with Crippen LogP contribution in [-0.2, 0) is 0 Å². The minimum absolute atomic E-state index is 0.0135. The van der Waals surface area contributed by atoms with Crippen LogP contribution in [0.4, 0.5) is 0 Å². The quantitative estimate of drug-likeness (QED) is 0.766. The van der Waals surface area contributed by atoms with E-state index in [1.54, 1.807) is 6.07 Å². The van der Waals surface area contributed by atoms with Crippen molar-refractivity contribution in [2.45, 2.75) is 6.92 Å². The Morgan fingerprint density at radius 3 is 2.93 bits per heavy atom. The third-order valence-electron chi connectivity index (χ3n) is 2.48. The number of halogens is 1. The standard InChI is InChI=1S/C11H11ClN2O/c1-6-8(12)3-2-7-4-9(10(15)5-13)14-11(6)7/h2-4,14H,5,13H2,1H3. The smallest absolute Gasteiger partial charge is 0.192 e. The highest BCUT2D eigenvalue weighted by atomic mass is 35.5. The Bertz CT molecular complexity index is 531. The molecule has 0 radical (unpaired) electrons. The predicted molar refractivity (Wildman–Crippen MR) is 61.4 cm³/mol. The van der Waals surface area contributed by atoms with Crippen LogP contribution in [0.15, 0.2) is 18.2 Å². The molecule has 0 saturated heterocycles. The molecule has 0 aliphatic carbocycles. The Hall–Kier alpha value is -1.32. The Balaban J connectivity index is 2.66. The maximum Gasteiger partial charge on any atom is 0.192 e. The second-order valence-electron chi connectivity index (χ2n) is 3.45. The summed E-state index contributed by atoms with van der Waals surface area (Å²) in [4.78, 5) is 14.4. The highest BCUT2D eigenvalue weighted by Gasteiger charge is 2.10. The van der Waals surface area contributed by atoms with E-state index in [1.165, 1.54) is 0 Å². The number of H-pyrrole nitrogens is 1. The average Bonchev–Trinajstić information content (AvgIpc) is 2.67. The van der Waals surface area contributed by atoms with Gasteiger partial charge in [0, 0.05) is 10.4 Å². The van der Waals surface area contributed by atoms with Gasteiger partial charge in [-0.05, 0) is 24.6 Å². The number of Topliss-reactive ketones (excluding diaryl/α,β-unsaturated/α-hetero) is 1. The number of hydrogen-bond acceptors (Lipinski definition) is 2. The normalized spacial score (nSPS) is 10.9. The van der Waals surface area contributed by atoms with E-state index in [0.29, 0.717) is 10.7 Å². The van der Waals surface area contributed by atoms with Gasteiger partial charge in [-0.1, -0.05) is 17.7 Å². The Kier molecular flexibility index (Phi) is 2.50. The van der Waals surface area contributed by atoms with E-state index < -0.39 is 0 Å². The third-order valence-corrected chi connectivity index (χ3v) is 2.89. The van der Waals surface area contributed by atoms with E-state index in [2.05, 4.69) is 4.98 Å². The van der Waals surface area contributed by atoms with E-state index in [1.807, 2.05) is 19.1 Å². The zero-order chi connectivity index (χ0) is 11.0. The molecule has 0 fully saturated rings. The number of rotatable bonds is 2. The second-order valence-corrected chi connectivity index (χ2v) is 3.85. The van der Waals surface area contributed by atoms with Crippen molar-refractivity contribution < 1.29 is 4.79 Å². The van der Waals surface area contributed by atoms with Gasteiger partial charge in [0.05, 0.1) is 17.8 Å². The summed E-state index contributed by atoms with van der Waals surface area (Å²) in [6.45, 7) is 1.93. The van der Waals surface area contributed by atoms with E-state index >= 15 is 0 Å². The van der Waals surface area contributed by atoms with Crippen molar-refractivity contribution in [2.75, 3.05) is 6.54 Å². The number of carbonyl (C=O) groups excluding carboxylic acids is 1. The number of hydrogen-bond donors (Lipinski definition) is 2. The lowest BCUT2D eigenvalue weighted by atomic mass is 10.1. The molecule has 1 heterocycles. The van der Waals surface area contributed by atoms with Gasteiger partial charge in [-0.25, -0.2) is 0 Å². The van der Waals surface area contributed by atoms with Crippen LogP contribution in [-0.4, -0.2) is 17.3 Å². The minimum atomic E-state index is -0.0956. The van der Waals surface area contributed by atoms with Crippen molar-refractivity contribution in [3.63, 3.8) is 0 Å². The van der Waals surface area contributed by atoms with Crippen molar-refractivity contribution in [2.24, 2.45) is 5.73 Å². The minimum Gasteiger partial charge on any atom is -0.352 e. The maximum absolute atomic E-state index is 11.4. The van der Waals surface area contributed by atoms with Gasteiger partial charge >= 0.3 is 0 Å². The molecule has 78 valence electrons. The summed E-state index contributed by atoms with van der Waals surface area (Å²) >= 11 is 5.98. The molecule has 1 aromatic heterocycles. The van der Waals surface area contributed by atoms with Crippen LogP contribution in [0, 0.1) is 6.92 Å². The topological polar surface area (TPSA) is 58.9 Å². The molecule has 3 N–H and O–H groups in total. The Morgan fingerprint density at radius 1 is 1.53 bits per heavy atom. The number of aromatic amines is 1. The molecule has 1 aromatic carbocycles. The fraction of sp³-hybridized carbons (Fsp3) is 0.182. The lowest BCUT2D eigenvalue weighted by Gasteiger charge is -1.98. The monoisotopic (exact) mass is 222 g/mol. The van der Waals surface area contributed by atoms with E-state index in [4.69, 9.17) is 17.3 Å². The molecular weight excluding hydrogens is 212 g/mol. The van der Waals surface area contributed by atoms with Crippen LogP contribution in [0.5, 0.6) is 0 Å². The van der Waals surface area contributed by atoms with Gasteiger partial charge in [-0.15, -0.1) is 0 Å². The number of benzene rings is 1. The maximum atomic E-state index is 11.4. The van der Waals surface area contributed by atoms with Gasteiger partial charge < -0.3 is 10.7 Å². The molecule has 2 aromatic rings. The number of carbonyl (C=O) groups is 1. The zero-order valence-corrected chi connectivity index (χ0v) is 9.06. The highest BCUT2D eigenvalue weighted by Crippen LogP contribution is 2.25. The van der Waals surface area contributed by atoms with Gasteiger partial charge in [-0.2, -0.15) is 0 Å².